The molecule has 0 saturated carbocycles. The predicted octanol–water partition coefficient (Wildman–Crippen LogP) is 7.11. The largest absolute Gasteiger partial charge is 0.456 e. The van der Waals surface area contributed by atoms with Crippen LogP contribution in [0.3, 0.4) is 0 Å². The normalized spacial score (nSPS) is 16.6. The number of rotatable bonds is 0. The summed E-state index contributed by atoms with van der Waals surface area (Å²) in [4.78, 5) is 0. The smallest absolute Gasteiger partial charge is 0.216 e. The first kappa shape index (κ1) is 18.6. The van der Waals surface area contributed by atoms with Crippen molar-refractivity contribution in [2.75, 3.05) is 0 Å². The van der Waals surface area contributed by atoms with Crippen molar-refractivity contribution in [3.63, 3.8) is 0 Å². The fourth-order valence-electron chi connectivity index (χ4n) is 5.65. The number of nitrogens with zero attached hydrogens (tertiary/aromatic N) is 1. The molecule has 0 atom stereocenters. The van der Waals surface area contributed by atoms with Crippen molar-refractivity contribution in [1.29, 1.82) is 0 Å². The summed E-state index contributed by atoms with van der Waals surface area (Å²) >= 11 is 0. The van der Waals surface area contributed by atoms with Crippen LogP contribution >= 0.6 is 0 Å². The van der Waals surface area contributed by atoms with Gasteiger partial charge in [-0.15, -0.1) is 0 Å². The van der Waals surface area contributed by atoms with E-state index >= 15 is 0 Å². The van der Waals surface area contributed by atoms with Gasteiger partial charge in [-0.3, -0.25) is 0 Å². The van der Waals surface area contributed by atoms with Crippen molar-refractivity contribution in [2.24, 2.45) is 7.05 Å². The molecule has 0 saturated heterocycles. The average molecular weight is 407 g/mol. The highest BCUT2D eigenvalue weighted by Gasteiger charge is 2.49. The fraction of sp³-hybridized carbons (Fsp3) is 0.276. The monoisotopic (exact) mass is 406 g/mol. The number of aryl methyl sites for hydroxylation is 2. The zero-order valence-electron chi connectivity index (χ0n) is 19.1. The van der Waals surface area contributed by atoms with Gasteiger partial charge in [0.25, 0.3) is 0 Å². The number of hydrogen-bond acceptors (Lipinski definition) is 1. The SMILES string of the molecule is Cc1c2c(cc3c1oc1cc4ccccc4cc13)C(C)(C)C(C)(C)c1ccc[n+](C)c1-2. The molecule has 1 aliphatic carbocycles. The Balaban J connectivity index is 1.82. The van der Waals surface area contributed by atoms with Gasteiger partial charge in [-0.05, 0) is 52.9 Å². The minimum atomic E-state index is -0.0247. The molecule has 1 aliphatic rings. The topological polar surface area (TPSA) is 17.0 Å². The van der Waals surface area contributed by atoms with Crippen LogP contribution in [0.2, 0.25) is 0 Å². The number of aromatic nitrogens is 1. The summed E-state index contributed by atoms with van der Waals surface area (Å²) in [6.45, 7) is 11.8. The van der Waals surface area contributed by atoms with Crippen molar-refractivity contribution in [1.82, 2.24) is 0 Å². The van der Waals surface area contributed by atoms with Crippen LogP contribution in [-0.4, -0.2) is 0 Å². The number of benzene rings is 3. The van der Waals surface area contributed by atoms with Crippen molar-refractivity contribution >= 4 is 32.7 Å². The third-order valence-corrected chi connectivity index (χ3v) is 8.19. The van der Waals surface area contributed by atoms with Crippen LogP contribution in [0.1, 0.15) is 44.4 Å². The minimum absolute atomic E-state index is 0.000701. The molecule has 154 valence electrons. The van der Waals surface area contributed by atoms with Crippen molar-refractivity contribution in [2.45, 2.75) is 45.4 Å². The van der Waals surface area contributed by atoms with Crippen LogP contribution < -0.4 is 4.57 Å². The molecule has 2 heterocycles. The number of hydrogen-bond donors (Lipinski definition) is 0. The summed E-state index contributed by atoms with van der Waals surface area (Å²) < 4.78 is 8.80. The standard InChI is InChI=1S/C29H28NO/c1-17-25-23(29(4,5)28(2,3)22-12-9-13-30(6)26(22)25)16-21-20-14-18-10-7-8-11-19(18)15-24(20)31-27(17)21/h7-16H,1-6H3/q+1. The summed E-state index contributed by atoms with van der Waals surface area (Å²) in [6, 6.07) is 19.9. The lowest BCUT2D eigenvalue weighted by molar-refractivity contribution is -0.661. The van der Waals surface area contributed by atoms with Gasteiger partial charge in [-0.1, -0.05) is 52.0 Å². The summed E-state index contributed by atoms with van der Waals surface area (Å²) in [5.41, 5.74) is 8.64. The maximum Gasteiger partial charge on any atom is 0.216 e. The second-order valence-electron chi connectivity index (χ2n) is 10.2. The van der Waals surface area contributed by atoms with Crippen LogP contribution in [0.5, 0.6) is 0 Å². The molecule has 0 aliphatic heterocycles. The Kier molecular flexibility index (Phi) is 3.46. The number of pyridine rings is 1. The highest BCUT2D eigenvalue weighted by molar-refractivity contribution is 6.12. The van der Waals surface area contributed by atoms with Gasteiger partial charge in [0, 0.05) is 33.4 Å². The van der Waals surface area contributed by atoms with Gasteiger partial charge < -0.3 is 4.42 Å². The van der Waals surface area contributed by atoms with E-state index in [-0.39, 0.29) is 10.8 Å². The molecule has 0 N–H and O–H groups in total. The molecule has 3 aromatic carbocycles. The third-order valence-electron chi connectivity index (χ3n) is 8.19. The second kappa shape index (κ2) is 5.76. The maximum atomic E-state index is 6.52. The Morgan fingerprint density at radius 2 is 1.45 bits per heavy atom. The zero-order chi connectivity index (χ0) is 21.7. The van der Waals surface area contributed by atoms with Crippen molar-refractivity contribution in [3.8, 4) is 11.3 Å². The second-order valence-corrected chi connectivity index (χ2v) is 10.2. The first-order valence-corrected chi connectivity index (χ1v) is 11.1. The van der Waals surface area contributed by atoms with Crippen LogP contribution in [0.25, 0.3) is 44.0 Å². The first-order chi connectivity index (χ1) is 14.7. The Hall–Kier alpha value is -3.13. The van der Waals surface area contributed by atoms with E-state index in [4.69, 9.17) is 4.42 Å². The van der Waals surface area contributed by atoms with Gasteiger partial charge in [0.1, 0.15) is 18.2 Å². The lowest BCUT2D eigenvalue weighted by Gasteiger charge is -2.47. The van der Waals surface area contributed by atoms with Crippen LogP contribution in [0, 0.1) is 6.92 Å². The lowest BCUT2D eigenvalue weighted by atomic mass is 9.55. The van der Waals surface area contributed by atoms with Gasteiger partial charge >= 0.3 is 0 Å². The van der Waals surface area contributed by atoms with Crippen molar-refractivity contribution < 1.29 is 8.98 Å². The van der Waals surface area contributed by atoms with E-state index < -0.39 is 0 Å². The van der Waals surface area contributed by atoms with Gasteiger partial charge in [-0.2, -0.15) is 0 Å². The predicted molar refractivity (Wildman–Crippen MR) is 129 cm³/mol. The molecule has 2 heteroatoms. The van der Waals surface area contributed by atoms with Crippen LogP contribution in [0.4, 0.5) is 0 Å². The molecule has 0 bridgehead atoms. The molecule has 31 heavy (non-hydrogen) atoms. The van der Waals surface area contributed by atoms with E-state index in [1.807, 2.05) is 0 Å². The molecule has 6 rings (SSSR count). The highest BCUT2D eigenvalue weighted by atomic mass is 16.3. The van der Waals surface area contributed by atoms with Crippen LogP contribution in [-0.2, 0) is 17.9 Å². The molecule has 0 spiro atoms. The molecule has 0 unspecified atom stereocenters. The summed E-state index contributed by atoms with van der Waals surface area (Å²) in [6.07, 6.45) is 2.16. The van der Waals surface area contributed by atoms with Gasteiger partial charge in [0.15, 0.2) is 6.20 Å². The van der Waals surface area contributed by atoms with Gasteiger partial charge in [0.2, 0.25) is 5.69 Å². The summed E-state index contributed by atoms with van der Waals surface area (Å²) in [5.74, 6) is 0. The van der Waals surface area contributed by atoms with E-state index in [2.05, 4.69) is 107 Å². The Labute approximate surface area is 183 Å². The first-order valence-electron chi connectivity index (χ1n) is 11.1. The highest BCUT2D eigenvalue weighted by Crippen LogP contribution is 2.55. The number of furan rings is 1. The molecule has 2 nitrogen and oxygen atoms in total. The molecule has 0 radical (unpaired) electrons. The molecule has 0 fully saturated rings. The van der Waals surface area contributed by atoms with Crippen molar-refractivity contribution in [3.05, 3.63) is 77.5 Å². The molecular weight excluding hydrogens is 378 g/mol. The molecule has 5 aromatic rings. The summed E-state index contributed by atoms with van der Waals surface area (Å²) in [5, 5.41) is 4.90. The molecular formula is C29H28NO+. The molecule has 2 aromatic heterocycles. The van der Waals surface area contributed by atoms with E-state index in [0.717, 1.165) is 11.2 Å². The third kappa shape index (κ3) is 2.20. The van der Waals surface area contributed by atoms with Crippen LogP contribution in [0.15, 0.2) is 65.2 Å². The molecule has 0 amide bonds. The Morgan fingerprint density at radius 1 is 0.774 bits per heavy atom. The number of fused-ring (bicyclic) bond motifs is 7. The quantitative estimate of drug-likeness (QED) is 0.250. The van der Waals surface area contributed by atoms with E-state index in [1.54, 1.807) is 0 Å². The fourth-order valence-corrected chi connectivity index (χ4v) is 5.65. The van der Waals surface area contributed by atoms with E-state index in [9.17, 15) is 0 Å². The maximum absolute atomic E-state index is 6.52. The summed E-state index contributed by atoms with van der Waals surface area (Å²) in [7, 11) is 2.16. The Bertz CT molecular complexity index is 1550. The minimum Gasteiger partial charge on any atom is -0.456 e. The van der Waals surface area contributed by atoms with Gasteiger partial charge in [-0.25, -0.2) is 4.57 Å². The van der Waals surface area contributed by atoms with Gasteiger partial charge in [0.05, 0.1) is 5.56 Å². The van der Waals surface area contributed by atoms with E-state index in [0.29, 0.717) is 0 Å². The zero-order valence-corrected chi connectivity index (χ0v) is 19.1. The van der Waals surface area contributed by atoms with E-state index in [1.165, 1.54) is 49.5 Å². The Morgan fingerprint density at radius 3 is 2.19 bits per heavy atom. The average Bonchev–Trinajstić information content (AvgIpc) is 3.09. The lowest BCUT2D eigenvalue weighted by Crippen LogP contribution is -2.47.